The van der Waals surface area contributed by atoms with Crippen molar-refractivity contribution in [2.75, 3.05) is 0 Å². The van der Waals surface area contributed by atoms with Crippen LogP contribution < -0.4 is 4.74 Å². The summed E-state index contributed by atoms with van der Waals surface area (Å²) in [5.41, 5.74) is 0.717. The summed E-state index contributed by atoms with van der Waals surface area (Å²) < 4.78 is 5.49. The summed E-state index contributed by atoms with van der Waals surface area (Å²) in [6, 6.07) is 6.72. The third-order valence-electron chi connectivity index (χ3n) is 3.24. The molecule has 6 nitrogen and oxygen atoms in total. The van der Waals surface area contributed by atoms with Crippen molar-refractivity contribution in [3.63, 3.8) is 0 Å². The molecule has 108 valence electrons. The third kappa shape index (κ3) is 2.11. The second kappa shape index (κ2) is 4.60. The molecule has 21 heavy (non-hydrogen) atoms. The van der Waals surface area contributed by atoms with E-state index in [1.54, 1.807) is 0 Å². The zero-order chi connectivity index (χ0) is 15.1. The van der Waals surface area contributed by atoms with E-state index in [0.717, 1.165) is 0 Å². The van der Waals surface area contributed by atoms with Gasteiger partial charge in [-0.15, -0.1) is 0 Å². The van der Waals surface area contributed by atoms with Gasteiger partial charge in [0.05, 0.1) is 0 Å². The largest absolute Gasteiger partial charge is 0.504 e. The average molecular weight is 288 g/mol. The predicted molar refractivity (Wildman–Crippen MR) is 73.1 cm³/mol. The van der Waals surface area contributed by atoms with Crippen LogP contribution in [0, 0.1) is 0 Å². The van der Waals surface area contributed by atoms with Crippen LogP contribution in [0.5, 0.6) is 28.7 Å². The van der Waals surface area contributed by atoms with Crippen molar-refractivity contribution in [2.45, 2.75) is 6.10 Å². The van der Waals surface area contributed by atoms with Crippen LogP contribution in [-0.2, 0) is 0 Å². The zero-order valence-electron chi connectivity index (χ0n) is 10.7. The maximum Gasteiger partial charge on any atom is 0.201 e. The number of aliphatic hydroxyl groups excluding tert-OH is 1. The van der Waals surface area contributed by atoms with Crippen molar-refractivity contribution in [3.05, 3.63) is 47.5 Å². The molecular weight excluding hydrogens is 276 g/mol. The van der Waals surface area contributed by atoms with Gasteiger partial charge in [-0.25, -0.2) is 0 Å². The lowest BCUT2D eigenvalue weighted by Gasteiger charge is -2.23. The Hall–Kier alpha value is -2.86. The first kappa shape index (κ1) is 13.1. The molecule has 6 heteroatoms. The molecule has 3 rings (SSSR count). The molecule has 0 aromatic heterocycles. The highest BCUT2D eigenvalue weighted by Crippen LogP contribution is 2.46. The van der Waals surface area contributed by atoms with E-state index in [4.69, 9.17) is 4.74 Å². The molecule has 1 aliphatic rings. The topological polar surface area (TPSA) is 110 Å². The Bertz CT molecular complexity index is 750. The van der Waals surface area contributed by atoms with Crippen molar-refractivity contribution in [2.24, 2.45) is 0 Å². The molecule has 0 saturated carbocycles. The molecule has 0 radical (unpaired) electrons. The summed E-state index contributed by atoms with van der Waals surface area (Å²) in [5, 5.41) is 48.2. The normalized spacial score (nSPS) is 16.8. The minimum atomic E-state index is -1.04. The summed E-state index contributed by atoms with van der Waals surface area (Å²) in [6.45, 7) is 0. The molecule has 1 heterocycles. The Morgan fingerprint density at radius 3 is 2.29 bits per heavy atom. The Labute approximate surface area is 119 Å². The van der Waals surface area contributed by atoms with E-state index in [1.807, 2.05) is 0 Å². The van der Waals surface area contributed by atoms with Gasteiger partial charge in [-0.3, -0.25) is 0 Å². The summed E-state index contributed by atoms with van der Waals surface area (Å²) >= 11 is 0. The lowest BCUT2D eigenvalue weighted by Crippen LogP contribution is -2.08. The minimum Gasteiger partial charge on any atom is -0.504 e. The minimum absolute atomic E-state index is 0.0486. The van der Waals surface area contributed by atoms with Crippen LogP contribution in [0.2, 0.25) is 0 Å². The van der Waals surface area contributed by atoms with Gasteiger partial charge in [0, 0.05) is 11.1 Å². The van der Waals surface area contributed by atoms with Crippen LogP contribution in [0.3, 0.4) is 0 Å². The van der Waals surface area contributed by atoms with Crippen LogP contribution in [-0.4, -0.2) is 25.5 Å². The van der Waals surface area contributed by atoms with E-state index in [0.29, 0.717) is 11.1 Å². The molecule has 0 aliphatic carbocycles. The third-order valence-corrected chi connectivity index (χ3v) is 3.24. The highest BCUT2D eigenvalue weighted by Gasteiger charge is 2.25. The number of ether oxygens (including phenoxy) is 1. The first-order valence-electron chi connectivity index (χ1n) is 6.12. The first-order chi connectivity index (χ1) is 9.97. The van der Waals surface area contributed by atoms with Gasteiger partial charge < -0.3 is 30.3 Å². The summed E-state index contributed by atoms with van der Waals surface area (Å²) in [4.78, 5) is 0. The van der Waals surface area contributed by atoms with Crippen molar-refractivity contribution in [3.8, 4) is 28.7 Å². The number of phenolic OH excluding ortho intramolecular Hbond substituents is 4. The van der Waals surface area contributed by atoms with Gasteiger partial charge >= 0.3 is 0 Å². The van der Waals surface area contributed by atoms with Gasteiger partial charge in [-0.2, -0.15) is 0 Å². The molecule has 0 unspecified atom stereocenters. The molecule has 5 N–H and O–H groups in total. The SMILES string of the molecule is Oc1ccc(C2=C[C@@H](O)c3ccc(O)c(O)c3O2)cc1O. The summed E-state index contributed by atoms with van der Waals surface area (Å²) in [6.07, 6.45) is 0.358. The number of phenols is 4. The van der Waals surface area contributed by atoms with Crippen LogP contribution in [0.1, 0.15) is 17.2 Å². The van der Waals surface area contributed by atoms with Crippen LogP contribution in [0.15, 0.2) is 36.4 Å². The Balaban J connectivity index is 2.07. The van der Waals surface area contributed by atoms with Gasteiger partial charge in [0.2, 0.25) is 5.75 Å². The van der Waals surface area contributed by atoms with Gasteiger partial charge in [0.25, 0.3) is 0 Å². The number of aromatic hydroxyl groups is 4. The molecule has 1 atom stereocenters. The standard InChI is InChI=1S/C15H12O6/c16-9-3-1-7(5-12(9)19)13-6-11(18)8-2-4-10(17)14(20)15(8)21-13/h1-6,11,16-20H/t11-/m1/s1. The van der Waals surface area contributed by atoms with Gasteiger partial charge in [-0.05, 0) is 36.4 Å². The molecule has 0 fully saturated rings. The fraction of sp³-hybridized carbons (Fsp3) is 0.0667. The van der Waals surface area contributed by atoms with Crippen LogP contribution in [0.25, 0.3) is 5.76 Å². The Morgan fingerprint density at radius 2 is 1.57 bits per heavy atom. The second-order valence-electron chi connectivity index (χ2n) is 4.63. The zero-order valence-corrected chi connectivity index (χ0v) is 10.7. The molecule has 2 aromatic carbocycles. The maximum atomic E-state index is 10.1. The number of aliphatic hydroxyl groups is 1. The molecule has 1 aliphatic heterocycles. The van der Waals surface area contributed by atoms with Crippen molar-refractivity contribution < 1.29 is 30.3 Å². The van der Waals surface area contributed by atoms with Crippen molar-refractivity contribution >= 4 is 5.76 Å². The van der Waals surface area contributed by atoms with Crippen LogP contribution in [0.4, 0.5) is 0 Å². The molecule has 0 saturated heterocycles. The number of hydrogen-bond donors (Lipinski definition) is 5. The van der Waals surface area contributed by atoms with Crippen molar-refractivity contribution in [1.29, 1.82) is 0 Å². The molecule has 0 bridgehead atoms. The lowest BCUT2D eigenvalue weighted by atomic mass is 10.0. The van der Waals surface area contributed by atoms with E-state index in [9.17, 15) is 25.5 Å². The summed E-state index contributed by atoms with van der Waals surface area (Å²) in [5.74, 6) is -1.32. The molecule has 2 aromatic rings. The highest BCUT2D eigenvalue weighted by atomic mass is 16.5. The number of hydrogen-bond acceptors (Lipinski definition) is 6. The van der Waals surface area contributed by atoms with Crippen LogP contribution >= 0.6 is 0 Å². The van der Waals surface area contributed by atoms with Gasteiger partial charge in [-0.1, -0.05) is 0 Å². The van der Waals surface area contributed by atoms with E-state index in [2.05, 4.69) is 0 Å². The smallest absolute Gasteiger partial charge is 0.201 e. The fourth-order valence-electron chi connectivity index (χ4n) is 2.13. The lowest BCUT2D eigenvalue weighted by molar-refractivity contribution is 0.214. The van der Waals surface area contributed by atoms with Gasteiger partial charge in [0.1, 0.15) is 11.9 Å². The van der Waals surface area contributed by atoms with Gasteiger partial charge in [0.15, 0.2) is 23.0 Å². The fourth-order valence-corrected chi connectivity index (χ4v) is 2.13. The Morgan fingerprint density at radius 1 is 0.857 bits per heavy atom. The van der Waals surface area contributed by atoms with Crippen molar-refractivity contribution in [1.82, 2.24) is 0 Å². The highest BCUT2D eigenvalue weighted by molar-refractivity contribution is 5.71. The molecular formula is C15H12O6. The van der Waals surface area contributed by atoms with E-state index in [-0.39, 0.29) is 28.8 Å². The van der Waals surface area contributed by atoms with E-state index in [1.165, 1.54) is 36.4 Å². The predicted octanol–water partition coefficient (Wildman–Crippen LogP) is 1.98. The quantitative estimate of drug-likeness (QED) is 0.513. The monoisotopic (exact) mass is 288 g/mol. The number of rotatable bonds is 1. The second-order valence-corrected chi connectivity index (χ2v) is 4.63. The number of fused-ring (bicyclic) bond motifs is 1. The number of benzene rings is 2. The molecule has 0 spiro atoms. The van der Waals surface area contributed by atoms with E-state index >= 15 is 0 Å². The summed E-state index contributed by atoms with van der Waals surface area (Å²) in [7, 11) is 0. The maximum absolute atomic E-state index is 10.1. The average Bonchev–Trinajstić information content (AvgIpc) is 2.46. The molecule has 0 amide bonds. The first-order valence-corrected chi connectivity index (χ1v) is 6.12. The Kier molecular flexibility index (Phi) is 2.88. The van der Waals surface area contributed by atoms with E-state index < -0.39 is 11.9 Å².